The molecule has 24 heavy (non-hydrogen) atoms. The Bertz CT molecular complexity index is 696. The fourth-order valence-corrected chi connectivity index (χ4v) is 3.48. The standard InChI is InChI=1S/C20H23FN2O/c1-23(18-11-4-2-5-12-18)19(24)22-20(13-6-3-7-14-20)16-9-8-10-17(21)15-16/h2,4-5,8-12,15H,3,6-7,13-14H2,1H3,(H,22,24). The number of para-hydroxylation sites is 1. The number of hydrogen-bond donors (Lipinski definition) is 1. The first-order valence-corrected chi connectivity index (χ1v) is 8.48. The van der Waals surface area contributed by atoms with Gasteiger partial charge < -0.3 is 5.32 Å². The number of benzene rings is 2. The fraction of sp³-hybridized carbons (Fsp3) is 0.350. The maximum absolute atomic E-state index is 13.7. The van der Waals surface area contributed by atoms with E-state index in [1.165, 1.54) is 6.07 Å². The van der Waals surface area contributed by atoms with Gasteiger partial charge in [0.15, 0.2) is 0 Å². The van der Waals surface area contributed by atoms with Gasteiger partial charge in [0.25, 0.3) is 0 Å². The van der Waals surface area contributed by atoms with Crippen LogP contribution in [0, 0.1) is 5.82 Å². The lowest BCUT2D eigenvalue weighted by molar-refractivity contribution is 0.208. The van der Waals surface area contributed by atoms with Gasteiger partial charge in [-0.3, -0.25) is 4.90 Å². The summed E-state index contributed by atoms with van der Waals surface area (Å²) >= 11 is 0. The van der Waals surface area contributed by atoms with Gasteiger partial charge in [-0.15, -0.1) is 0 Å². The summed E-state index contributed by atoms with van der Waals surface area (Å²) in [4.78, 5) is 14.4. The van der Waals surface area contributed by atoms with Gasteiger partial charge >= 0.3 is 6.03 Å². The van der Waals surface area contributed by atoms with Gasteiger partial charge in [-0.25, -0.2) is 9.18 Å². The summed E-state index contributed by atoms with van der Waals surface area (Å²) < 4.78 is 13.7. The van der Waals surface area contributed by atoms with E-state index in [0.717, 1.165) is 43.4 Å². The minimum Gasteiger partial charge on any atom is -0.328 e. The molecule has 0 unspecified atom stereocenters. The van der Waals surface area contributed by atoms with Crippen molar-refractivity contribution in [3.05, 3.63) is 66.0 Å². The number of amides is 2. The number of urea groups is 1. The van der Waals surface area contributed by atoms with E-state index in [-0.39, 0.29) is 11.8 Å². The number of anilines is 1. The van der Waals surface area contributed by atoms with Crippen LogP contribution >= 0.6 is 0 Å². The largest absolute Gasteiger partial charge is 0.328 e. The molecule has 0 atom stereocenters. The number of halogens is 1. The monoisotopic (exact) mass is 326 g/mol. The Labute approximate surface area is 142 Å². The van der Waals surface area contributed by atoms with Crippen molar-refractivity contribution in [2.24, 2.45) is 0 Å². The molecule has 4 heteroatoms. The molecule has 0 heterocycles. The second-order valence-electron chi connectivity index (χ2n) is 6.48. The van der Waals surface area contributed by atoms with E-state index in [2.05, 4.69) is 5.32 Å². The van der Waals surface area contributed by atoms with E-state index in [1.54, 1.807) is 24.1 Å². The predicted molar refractivity (Wildman–Crippen MR) is 94.5 cm³/mol. The highest BCUT2D eigenvalue weighted by molar-refractivity contribution is 5.92. The SMILES string of the molecule is CN(C(=O)NC1(c2cccc(F)c2)CCCCC1)c1ccccc1. The number of carbonyl (C=O) groups is 1. The van der Waals surface area contributed by atoms with Crippen molar-refractivity contribution in [1.29, 1.82) is 0 Å². The van der Waals surface area contributed by atoms with Crippen LogP contribution in [0.2, 0.25) is 0 Å². The van der Waals surface area contributed by atoms with Crippen LogP contribution in [0.3, 0.4) is 0 Å². The van der Waals surface area contributed by atoms with Crippen LogP contribution in [0.5, 0.6) is 0 Å². The third-order valence-electron chi connectivity index (χ3n) is 4.88. The van der Waals surface area contributed by atoms with Crippen LogP contribution < -0.4 is 10.2 Å². The molecule has 0 saturated heterocycles. The zero-order chi connectivity index (χ0) is 17.0. The Morgan fingerprint density at radius 2 is 1.75 bits per heavy atom. The molecule has 1 N–H and O–H groups in total. The maximum atomic E-state index is 13.7. The van der Waals surface area contributed by atoms with Gasteiger partial charge in [0.1, 0.15) is 5.82 Å². The summed E-state index contributed by atoms with van der Waals surface area (Å²) in [7, 11) is 1.76. The molecule has 0 spiro atoms. The van der Waals surface area contributed by atoms with Gasteiger partial charge in [0, 0.05) is 12.7 Å². The van der Waals surface area contributed by atoms with Gasteiger partial charge in [-0.05, 0) is 42.7 Å². The molecule has 3 rings (SSSR count). The lowest BCUT2D eigenvalue weighted by Crippen LogP contribution is -2.51. The molecule has 1 aliphatic rings. The quantitative estimate of drug-likeness (QED) is 0.861. The molecule has 2 aromatic carbocycles. The minimum absolute atomic E-state index is 0.160. The van der Waals surface area contributed by atoms with Gasteiger partial charge in [0.05, 0.1) is 5.54 Å². The number of nitrogens with zero attached hydrogens (tertiary/aromatic N) is 1. The first-order valence-electron chi connectivity index (χ1n) is 8.48. The van der Waals surface area contributed by atoms with Crippen molar-refractivity contribution in [2.75, 3.05) is 11.9 Å². The molecular weight excluding hydrogens is 303 g/mol. The molecule has 2 amide bonds. The van der Waals surface area contributed by atoms with E-state index >= 15 is 0 Å². The van der Waals surface area contributed by atoms with E-state index in [9.17, 15) is 9.18 Å². The van der Waals surface area contributed by atoms with Crippen LogP contribution in [-0.2, 0) is 5.54 Å². The Morgan fingerprint density at radius 3 is 2.42 bits per heavy atom. The van der Waals surface area contributed by atoms with Crippen LogP contribution in [0.15, 0.2) is 54.6 Å². The fourth-order valence-electron chi connectivity index (χ4n) is 3.48. The molecule has 2 aromatic rings. The highest BCUT2D eigenvalue weighted by atomic mass is 19.1. The molecular formula is C20H23FN2O. The van der Waals surface area contributed by atoms with E-state index in [1.807, 2.05) is 36.4 Å². The summed E-state index contributed by atoms with van der Waals surface area (Å²) in [6.07, 6.45) is 4.90. The highest BCUT2D eigenvalue weighted by Gasteiger charge is 2.36. The number of carbonyl (C=O) groups excluding carboxylic acids is 1. The second kappa shape index (κ2) is 7.04. The molecule has 0 aliphatic heterocycles. The molecule has 3 nitrogen and oxygen atoms in total. The Hall–Kier alpha value is -2.36. The van der Waals surface area contributed by atoms with Gasteiger partial charge in [-0.1, -0.05) is 49.6 Å². The summed E-state index contributed by atoms with van der Waals surface area (Å²) in [6, 6.07) is 16.0. The Balaban J connectivity index is 1.86. The van der Waals surface area contributed by atoms with Crippen molar-refractivity contribution in [2.45, 2.75) is 37.6 Å². The van der Waals surface area contributed by atoms with Crippen molar-refractivity contribution in [1.82, 2.24) is 5.32 Å². The van der Waals surface area contributed by atoms with Gasteiger partial charge in [-0.2, -0.15) is 0 Å². The van der Waals surface area contributed by atoms with E-state index < -0.39 is 5.54 Å². The Kier molecular flexibility index (Phi) is 4.84. The lowest BCUT2D eigenvalue weighted by Gasteiger charge is -2.39. The average molecular weight is 326 g/mol. The van der Waals surface area contributed by atoms with Crippen molar-refractivity contribution in [3.8, 4) is 0 Å². The molecule has 0 radical (unpaired) electrons. The smallest absolute Gasteiger partial charge is 0.322 e. The zero-order valence-electron chi connectivity index (χ0n) is 14.0. The molecule has 0 aromatic heterocycles. The van der Waals surface area contributed by atoms with Crippen LogP contribution in [0.25, 0.3) is 0 Å². The normalized spacial score (nSPS) is 16.4. The number of hydrogen-bond acceptors (Lipinski definition) is 1. The summed E-state index contributed by atoms with van der Waals surface area (Å²) in [6.45, 7) is 0. The van der Waals surface area contributed by atoms with Crippen molar-refractivity contribution >= 4 is 11.7 Å². The zero-order valence-corrected chi connectivity index (χ0v) is 14.0. The van der Waals surface area contributed by atoms with Crippen molar-refractivity contribution < 1.29 is 9.18 Å². The van der Waals surface area contributed by atoms with Crippen LogP contribution in [0.1, 0.15) is 37.7 Å². The summed E-state index contributed by atoms with van der Waals surface area (Å²) in [5.74, 6) is -0.261. The second-order valence-corrected chi connectivity index (χ2v) is 6.48. The summed E-state index contributed by atoms with van der Waals surface area (Å²) in [5, 5.41) is 3.19. The molecule has 126 valence electrons. The van der Waals surface area contributed by atoms with Crippen LogP contribution in [-0.4, -0.2) is 13.1 Å². The number of nitrogens with one attached hydrogen (secondary N) is 1. The highest BCUT2D eigenvalue weighted by Crippen LogP contribution is 2.37. The van der Waals surface area contributed by atoms with E-state index in [0.29, 0.717) is 0 Å². The molecule has 0 bridgehead atoms. The van der Waals surface area contributed by atoms with Gasteiger partial charge in [0.2, 0.25) is 0 Å². The maximum Gasteiger partial charge on any atom is 0.322 e. The first kappa shape index (κ1) is 16.5. The van der Waals surface area contributed by atoms with Crippen molar-refractivity contribution in [3.63, 3.8) is 0 Å². The molecule has 1 saturated carbocycles. The van der Waals surface area contributed by atoms with Crippen LogP contribution in [0.4, 0.5) is 14.9 Å². The molecule has 1 aliphatic carbocycles. The number of rotatable bonds is 3. The lowest BCUT2D eigenvalue weighted by atomic mass is 9.76. The van der Waals surface area contributed by atoms with E-state index in [4.69, 9.17) is 0 Å². The predicted octanol–water partition coefficient (Wildman–Crippen LogP) is 4.83. The average Bonchev–Trinajstić information content (AvgIpc) is 2.62. The summed E-state index contributed by atoms with van der Waals surface area (Å²) in [5.41, 5.74) is 1.21. The third-order valence-corrected chi connectivity index (χ3v) is 4.88. The molecule has 1 fully saturated rings. The minimum atomic E-state index is -0.486. The third kappa shape index (κ3) is 3.42. The Morgan fingerprint density at radius 1 is 1.04 bits per heavy atom. The topological polar surface area (TPSA) is 32.3 Å². The first-order chi connectivity index (χ1) is 11.6.